The second-order valence-electron chi connectivity index (χ2n) is 4.74. The molecule has 0 atom stereocenters. The third kappa shape index (κ3) is 6.17. The van der Waals surface area contributed by atoms with Crippen LogP contribution in [0.4, 0.5) is 0 Å². The first-order valence-corrected chi connectivity index (χ1v) is 9.99. The average molecular weight is 307 g/mol. The van der Waals surface area contributed by atoms with Gasteiger partial charge in [0.15, 0.2) is 0 Å². The van der Waals surface area contributed by atoms with Crippen molar-refractivity contribution in [3.8, 4) is 0 Å². The Hall–Kier alpha value is -0.220. The molecule has 0 N–H and O–H groups in total. The lowest BCUT2D eigenvalue weighted by Gasteiger charge is -2.21. The molecule has 1 fully saturated rings. The van der Waals surface area contributed by atoms with Gasteiger partial charge in [-0.25, -0.2) is 18.6 Å². The second-order valence-corrected chi connectivity index (χ2v) is 9.64. The molecule has 0 aliphatic carbocycles. The fourth-order valence-electron chi connectivity index (χ4n) is 2.72. The summed E-state index contributed by atoms with van der Waals surface area (Å²) in [6, 6.07) is 11.3. The third-order valence-corrected chi connectivity index (χ3v) is 8.42. The first kappa shape index (κ1) is 16.8. The predicted octanol–water partition coefficient (Wildman–Crippen LogP) is -1.22. The Morgan fingerprint density at radius 3 is 1.89 bits per heavy atom. The van der Waals surface area contributed by atoms with Gasteiger partial charge in [0.1, 0.15) is 0 Å². The van der Waals surface area contributed by atoms with E-state index in [2.05, 4.69) is 37.3 Å². The van der Waals surface area contributed by atoms with E-state index in [1.165, 1.54) is 37.7 Å². The molecular formula is C13H20ClO4P. The summed E-state index contributed by atoms with van der Waals surface area (Å²) in [5.41, 5.74) is 0. The first-order valence-electron chi connectivity index (χ1n) is 6.41. The SMILES string of the molecule is CCC[P+]1(c2ccccc2)CCCC1.[O-][Cl+3]([O-])([O-])[O-]. The number of hydrogen-bond donors (Lipinski definition) is 0. The van der Waals surface area contributed by atoms with E-state index in [1.54, 1.807) is 5.30 Å². The van der Waals surface area contributed by atoms with Crippen LogP contribution < -0.4 is 23.9 Å². The highest BCUT2D eigenvalue weighted by atomic mass is 35.7. The van der Waals surface area contributed by atoms with Gasteiger partial charge in [0.25, 0.3) is 0 Å². The van der Waals surface area contributed by atoms with E-state index in [9.17, 15) is 0 Å². The summed E-state index contributed by atoms with van der Waals surface area (Å²) in [6.07, 6.45) is 8.83. The van der Waals surface area contributed by atoms with Gasteiger partial charge in [0, 0.05) is 7.26 Å². The summed E-state index contributed by atoms with van der Waals surface area (Å²) in [4.78, 5) is 0. The standard InChI is InChI=1S/C13H20P.ClHO4/c1-2-10-14(11-6-7-12-14)13-8-4-3-5-9-13;2-1(3,4)5/h3-5,8-9H,2,6-7,10-12H2,1H3;(H,2,3,4,5)/q+1;/p-1. The van der Waals surface area contributed by atoms with E-state index in [0.29, 0.717) is 0 Å². The number of halogens is 1. The van der Waals surface area contributed by atoms with Crippen LogP contribution in [0.1, 0.15) is 26.2 Å². The molecule has 19 heavy (non-hydrogen) atoms. The molecule has 0 bridgehead atoms. The molecule has 1 aliphatic heterocycles. The van der Waals surface area contributed by atoms with Crippen molar-refractivity contribution in [1.82, 2.24) is 0 Å². The second kappa shape index (κ2) is 7.53. The van der Waals surface area contributed by atoms with Crippen molar-refractivity contribution in [2.24, 2.45) is 0 Å². The van der Waals surface area contributed by atoms with Crippen LogP contribution in [0.2, 0.25) is 0 Å². The van der Waals surface area contributed by atoms with Gasteiger partial charge < -0.3 is 0 Å². The lowest BCUT2D eigenvalue weighted by Crippen LogP contribution is -2.68. The summed E-state index contributed by atoms with van der Waals surface area (Å²) >= 11 is 0. The van der Waals surface area contributed by atoms with Crippen LogP contribution in [0, 0.1) is 10.2 Å². The highest BCUT2D eigenvalue weighted by Crippen LogP contribution is 2.62. The third-order valence-electron chi connectivity index (χ3n) is 3.38. The molecular weight excluding hydrogens is 287 g/mol. The van der Waals surface area contributed by atoms with E-state index in [1.807, 2.05) is 0 Å². The van der Waals surface area contributed by atoms with Gasteiger partial charge in [-0.3, -0.25) is 0 Å². The van der Waals surface area contributed by atoms with Crippen LogP contribution in [-0.2, 0) is 0 Å². The van der Waals surface area contributed by atoms with Crippen LogP contribution in [-0.4, -0.2) is 18.5 Å². The quantitative estimate of drug-likeness (QED) is 0.654. The summed E-state index contributed by atoms with van der Waals surface area (Å²) in [5.74, 6) is 0. The maximum Gasteiger partial charge on any atom is 0.0939 e. The van der Waals surface area contributed by atoms with Crippen LogP contribution in [0.25, 0.3) is 0 Å². The van der Waals surface area contributed by atoms with E-state index < -0.39 is 17.5 Å². The smallest absolute Gasteiger partial charge is 0.0939 e. The fourth-order valence-corrected chi connectivity index (χ4v) is 7.49. The molecule has 0 spiro atoms. The normalized spacial score (nSPS) is 17.7. The lowest BCUT2D eigenvalue weighted by molar-refractivity contribution is -2.00. The average Bonchev–Trinajstić information content (AvgIpc) is 2.78. The van der Waals surface area contributed by atoms with Crippen molar-refractivity contribution in [3.63, 3.8) is 0 Å². The van der Waals surface area contributed by atoms with Gasteiger partial charge in [0.05, 0.1) is 23.8 Å². The Balaban J connectivity index is 0.000000312. The molecule has 0 aromatic heterocycles. The monoisotopic (exact) mass is 306 g/mol. The molecule has 2 rings (SSSR count). The maximum absolute atomic E-state index is 8.49. The Bertz CT molecular complexity index is 355. The molecule has 0 saturated carbocycles. The minimum Gasteiger partial charge on any atom is -0.222 e. The molecule has 1 saturated heterocycles. The Kier molecular flexibility index (Phi) is 6.67. The van der Waals surface area contributed by atoms with Gasteiger partial charge in [-0.2, -0.15) is 0 Å². The van der Waals surface area contributed by atoms with E-state index in [-0.39, 0.29) is 0 Å². The number of rotatable bonds is 3. The topological polar surface area (TPSA) is 92.2 Å². The van der Waals surface area contributed by atoms with Crippen molar-refractivity contribution < 1.29 is 28.9 Å². The van der Waals surface area contributed by atoms with Gasteiger partial charge in [0.2, 0.25) is 0 Å². The molecule has 1 aromatic carbocycles. The minimum absolute atomic E-state index is 0.699. The van der Waals surface area contributed by atoms with Crippen molar-refractivity contribution in [2.75, 3.05) is 18.5 Å². The van der Waals surface area contributed by atoms with Crippen LogP contribution >= 0.6 is 7.26 Å². The molecule has 1 aromatic rings. The molecule has 1 heterocycles. The molecule has 0 amide bonds. The van der Waals surface area contributed by atoms with Crippen molar-refractivity contribution >= 4 is 12.6 Å². The van der Waals surface area contributed by atoms with E-state index in [4.69, 9.17) is 18.6 Å². The van der Waals surface area contributed by atoms with Crippen molar-refractivity contribution in [1.29, 1.82) is 0 Å². The zero-order valence-corrected chi connectivity index (χ0v) is 12.7. The van der Waals surface area contributed by atoms with Gasteiger partial charge in [-0.1, -0.05) is 25.1 Å². The Morgan fingerprint density at radius 2 is 1.47 bits per heavy atom. The van der Waals surface area contributed by atoms with Crippen LogP contribution in [0.5, 0.6) is 0 Å². The summed E-state index contributed by atoms with van der Waals surface area (Å²) in [7, 11) is -5.64. The Labute approximate surface area is 117 Å². The molecule has 0 radical (unpaired) electrons. The first-order chi connectivity index (χ1) is 8.87. The zero-order valence-electron chi connectivity index (χ0n) is 11.1. The van der Waals surface area contributed by atoms with E-state index in [0.717, 1.165) is 0 Å². The molecule has 108 valence electrons. The lowest BCUT2D eigenvalue weighted by atomic mass is 10.4. The van der Waals surface area contributed by atoms with Gasteiger partial charge in [-0.15, -0.1) is 10.2 Å². The minimum atomic E-state index is -4.94. The molecule has 0 unspecified atom stereocenters. The zero-order chi connectivity index (χ0) is 14.4. The fraction of sp³-hybridized carbons (Fsp3) is 0.538. The highest BCUT2D eigenvalue weighted by Gasteiger charge is 2.41. The summed E-state index contributed by atoms with van der Waals surface area (Å²) < 4.78 is 34.0. The molecule has 6 heteroatoms. The summed E-state index contributed by atoms with van der Waals surface area (Å²) in [6.45, 7) is 2.34. The molecule has 1 aliphatic rings. The van der Waals surface area contributed by atoms with Crippen LogP contribution in [0.3, 0.4) is 0 Å². The predicted molar refractivity (Wildman–Crippen MR) is 67.1 cm³/mol. The number of benzene rings is 1. The summed E-state index contributed by atoms with van der Waals surface area (Å²) in [5, 5.41) is 1.69. The Morgan fingerprint density at radius 1 is 1.00 bits per heavy atom. The largest absolute Gasteiger partial charge is 0.222 e. The van der Waals surface area contributed by atoms with Crippen molar-refractivity contribution in [3.05, 3.63) is 30.3 Å². The molecule has 4 nitrogen and oxygen atoms in total. The van der Waals surface area contributed by atoms with Gasteiger partial charge in [-0.05, 0) is 31.4 Å². The maximum atomic E-state index is 8.49. The van der Waals surface area contributed by atoms with Crippen LogP contribution in [0.15, 0.2) is 30.3 Å². The highest BCUT2D eigenvalue weighted by molar-refractivity contribution is 7.83. The van der Waals surface area contributed by atoms with E-state index >= 15 is 0 Å². The number of hydrogen-bond acceptors (Lipinski definition) is 4. The van der Waals surface area contributed by atoms with Crippen molar-refractivity contribution in [2.45, 2.75) is 26.2 Å². The van der Waals surface area contributed by atoms with Gasteiger partial charge >= 0.3 is 0 Å².